The van der Waals surface area contributed by atoms with E-state index >= 15 is 0 Å². The predicted molar refractivity (Wildman–Crippen MR) is 80.0 cm³/mol. The topological polar surface area (TPSA) is 64.3 Å². The quantitative estimate of drug-likeness (QED) is 0.756. The fourth-order valence-electron chi connectivity index (χ4n) is 1.54. The van der Waals surface area contributed by atoms with Crippen molar-refractivity contribution < 1.29 is 9.53 Å². The third kappa shape index (κ3) is 5.20. The van der Waals surface area contributed by atoms with Crippen molar-refractivity contribution in [2.45, 2.75) is 39.3 Å². The second-order valence-electron chi connectivity index (χ2n) is 4.37. The van der Waals surface area contributed by atoms with Crippen LogP contribution < -0.4 is 15.8 Å². The summed E-state index contributed by atoms with van der Waals surface area (Å²) in [6.45, 7) is 5.00. The average Bonchev–Trinajstić information content (AvgIpc) is 2.41. The van der Waals surface area contributed by atoms with Gasteiger partial charge in [-0.05, 0) is 47.0 Å². The Kier molecular flexibility index (Phi) is 6.87. The van der Waals surface area contributed by atoms with Crippen LogP contribution in [0.15, 0.2) is 22.7 Å². The van der Waals surface area contributed by atoms with Gasteiger partial charge in [0.2, 0.25) is 0 Å². The van der Waals surface area contributed by atoms with E-state index in [1.165, 1.54) is 0 Å². The number of nitrogens with two attached hydrogens (primary N) is 1. The number of nitrogens with one attached hydrogen (secondary N) is 1. The molecule has 0 spiro atoms. The van der Waals surface area contributed by atoms with Crippen LogP contribution in [0.5, 0.6) is 5.75 Å². The first-order valence-corrected chi connectivity index (χ1v) is 7.30. The Bertz CT molecular complexity index is 424. The highest BCUT2D eigenvalue weighted by molar-refractivity contribution is 9.10. The highest BCUT2D eigenvalue weighted by Crippen LogP contribution is 2.26. The number of carbonyl (C=O) groups is 1. The van der Waals surface area contributed by atoms with Gasteiger partial charge in [-0.25, -0.2) is 0 Å². The van der Waals surface area contributed by atoms with Gasteiger partial charge in [0.25, 0.3) is 5.91 Å². The number of ether oxygens (including phenoxy) is 1. The van der Waals surface area contributed by atoms with Crippen LogP contribution in [-0.2, 0) is 11.3 Å². The van der Waals surface area contributed by atoms with Crippen LogP contribution in [0.2, 0.25) is 0 Å². The van der Waals surface area contributed by atoms with Crippen LogP contribution >= 0.6 is 15.9 Å². The minimum Gasteiger partial charge on any atom is -0.480 e. The lowest BCUT2D eigenvalue weighted by Crippen LogP contribution is -2.36. The van der Waals surface area contributed by atoms with E-state index in [1.54, 1.807) is 6.92 Å². The van der Waals surface area contributed by atoms with Crippen LogP contribution in [0, 0.1) is 0 Å². The number of carbonyl (C=O) groups excluding carboxylic acids is 1. The number of halogens is 1. The highest BCUT2D eigenvalue weighted by Gasteiger charge is 2.15. The second-order valence-corrected chi connectivity index (χ2v) is 5.23. The monoisotopic (exact) mass is 328 g/mol. The van der Waals surface area contributed by atoms with Crippen molar-refractivity contribution >= 4 is 21.8 Å². The summed E-state index contributed by atoms with van der Waals surface area (Å²) in [7, 11) is 0. The lowest BCUT2D eigenvalue weighted by atomic mass is 10.2. The molecule has 0 aliphatic carbocycles. The van der Waals surface area contributed by atoms with Gasteiger partial charge in [-0.3, -0.25) is 4.79 Å². The van der Waals surface area contributed by atoms with Crippen LogP contribution in [0.1, 0.15) is 32.3 Å². The lowest BCUT2D eigenvalue weighted by molar-refractivity contribution is -0.127. The van der Waals surface area contributed by atoms with Gasteiger partial charge in [-0.15, -0.1) is 0 Å². The van der Waals surface area contributed by atoms with Crippen LogP contribution in [0.3, 0.4) is 0 Å². The molecule has 0 heterocycles. The van der Waals surface area contributed by atoms with Crippen LogP contribution in [0.4, 0.5) is 0 Å². The summed E-state index contributed by atoms with van der Waals surface area (Å²) in [5.74, 6) is 0.554. The number of benzene rings is 1. The Balaban J connectivity index is 2.56. The van der Waals surface area contributed by atoms with E-state index in [1.807, 2.05) is 18.2 Å². The Labute approximate surface area is 122 Å². The minimum absolute atomic E-state index is 0.0942. The fraction of sp³-hybridized carbons (Fsp3) is 0.500. The molecule has 0 saturated heterocycles. The van der Waals surface area contributed by atoms with E-state index in [4.69, 9.17) is 10.5 Å². The van der Waals surface area contributed by atoms with E-state index in [-0.39, 0.29) is 5.91 Å². The zero-order valence-corrected chi connectivity index (χ0v) is 13.0. The van der Waals surface area contributed by atoms with Crippen molar-refractivity contribution in [3.63, 3.8) is 0 Å². The van der Waals surface area contributed by atoms with E-state index in [0.29, 0.717) is 18.8 Å². The summed E-state index contributed by atoms with van der Waals surface area (Å²) in [5, 5.41) is 2.85. The molecule has 1 aromatic rings. The average molecular weight is 329 g/mol. The van der Waals surface area contributed by atoms with E-state index in [9.17, 15) is 4.79 Å². The maximum atomic E-state index is 11.8. The number of rotatable bonds is 7. The van der Waals surface area contributed by atoms with Gasteiger partial charge in [0, 0.05) is 13.1 Å². The maximum absolute atomic E-state index is 11.8. The van der Waals surface area contributed by atoms with E-state index in [0.717, 1.165) is 22.9 Å². The molecular weight excluding hydrogens is 308 g/mol. The van der Waals surface area contributed by atoms with Gasteiger partial charge < -0.3 is 15.8 Å². The molecule has 3 N–H and O–H groups in total. The smallest absolute Gasteiger partial charge is 0.260 e. The summed E-state index contributed by atoms with van der Waals surface area (Å²) >= 11 is 3.42. The van der Waals surface area contributed by atoms with Crippen molar-refractivity contribution in [1.29, 1.82) is 0 Å². The number of hydrogen-bond acceptors (Lipinski definition) is 3. The van der Waals surface area contributed by atoms with Crippen molar-refractivity contribution in [2.24, 2.45) is 5.73 Å². The summed E-state index contributed by atoms with van der Waals surface area (Å²) in [6, 6.07) is 5.61. The first-order chi connectivity index (χ1) is 9.08. The molecule has 4 nitrogen and oxygen atoms in total. The standard InChI is InChI=1S/C14H21BrN2O2/c1-3-4-7-17-14(18)10(2)19-13-6-5-11(9-16)8-12(13)15/h5-6,8,10H,3-4,7,9,16H2,1-2H3,(H,17,18). The first-order valence-electron chi connectivity index (χ1n) is 6.51. The first kappa shape index (κ1) is 16.0. The normalized spacial score (nSPS) is 12.0. The van der Waals surface area contributed by atoms with Crippen molar-refractivity contribution in [1.82, 2.24) is 5.32 Å². The fourth-order valence-corrected chi connectivity index (χ4v) is 2.06. The molecule has 0 fully saturated rings. The molecule has 19 heavy (non-hydrogen) atoms. The van der Waals surface area contributed by atoms with Gasteiger partial charge in [0.1, 0.15) is 5.75 Å². The summed E-state index contributed by atoms with van der Waals surface area (Å²) in [4.78, 5) is 11.8. The van der Waals surface area contributed by atoms with Gasteiger partial charge in [0.05, 0.1) is 4.47 Å². The predicted octanol–water partition coefficient (Wildman–Crippen LogP) is 2.59. The Morgan fingerprint density at radius 1 is 1.53 bits per heavy atom. The third-order valence-corrected chi connectivity index (χ3v) is 3.35. The largest absolute Gasteiger partial charge is 0.480 e. The van der Waals surface area contributed by atoms with Gasteiger partial charge in [-0.2, -0.15) is 0 Å². The molecular formula is C14H21BrN2O2. The van der Waals surface area contributed by atoms with Gasteiger partial charge in [0.15, 0.2) is 6.10 Å². The molecule has 0 aliphatic heterocycles. The molecule has 0 aromatic heterocycles. The van der Waals surface area contributed by atoms with Crippen LogP contribution in [0.25, 0.3) is 0 Å². The zero-order chi connectivity index (χ0) is 14.3. The molecule has 1 aromatic carbocycles. The lowest BCUT2D eigenvalue weighted by Gasteiger charge is -2.16. The molecule has 1 amide bonds. The van der Waals surface area contributed by atoms with Gasteiger partial charge >= 0.3 is 0 Å². The Morgan fingerprint density at radius 2 is 2.26 bits per heavy atom. The zero-order valence-electron chi connectivity index (χ0n) is 11.4. The highest BCUT2D eigenvalue weighted by atomic mass is 79.9. The Morgan fingerprint density at radius 3 is 2.84 bits per heavy atom. The molecule has 0 bridgehead atoms. The molecule has 106 valence electrons. The molecule has 1 atom stereocenters. The summed E-state index contributed by atoms with van der Waals surface area (Å²) in [5.41, 5.74) is 6.57. The Hall–Kier alpha value is -1.07. The van der Waals surface area contributed by atoms with E-state index in [2.05, 4.69) is 28.2 Å². The molecule has 0 saturated carbocycles. The van der Waals surface area contributed by atoms with Crippen LogP contribution in [-0.4, -0.2) is 18.6 Å². The third-order valence-electron chi connectivity index (χ3n) is 2.73. The van der Waals surface area contributed by atoms with Crippen molar-refractivity contribution in [3.8, 4) is 5.75 Å². The number of amides is 1. The summed E-state index contributed by atoms with van der Waals surface area (Å²) < 4.78 is 6.45. The summed E-state index contributed by atoms with van der Waals surface area (Å²) in [6.07, 6.45) is 1.52. The second kappa shape index (κ2) is 8.17. The van der Waals surface area contributed by atoms with E-state index < -0.39 is 6.10 Å². The SMILES string of the molecule is CCCCNC(=O)C(C)Oc1ccc(CN)cc1Br. The molecule has 1 rings (SSSR count). The van der Waals surface area contributed by atoms with Crippen molar-refractivity contribution in [3.05, 3.63) is 28.2 Å². The molecule has 0 aliphatic rings. The molecule has 0 radical (unpaired) electrons. The number of hydrogen-bond donors (Lipinski definition) is 2. The van der Waals surface area contributed by atoms with Crippen molar-refractivity contribution in [2.75, 3.05) is 6.54 Å². The van der Waals surface area contributed by atoms with Gasteiger partial charge in [-0.1, -0.05) is 19.4 Å². The number of unbranched alkanes of at least 4 members (excludes halogenated alkanes) is 1. The molecule has 5 heteroatoms. The molecule has 1 unspecified atom stereocenters. The maximum Gasteiger partial charge on any atom is 0.260 e. The minimum atomic E-state index is -0.517.